The van der Waals surface area contributed by atoms with Crippen LogP contribution >= 0.6 is 0 Å². The third-order valence-electron chi connectivity index (χ3n) is 3.87. The Labute approximate surface area is 143 Å². The van der Waals surface area contributed by atoms with Crippen LogP contribution in [0.15, 0.2) is 54.9 Å². The minimum Gasteiger partial charge on any atom is -0.490 e. The molecule has 0 radical (unpaired) electrons. The topological polar surface area (TPSA) is 70.2 Å². The van der Waals surface area contributed by atoms with Gasteiger partial charge >= 0.3 is 5.69 Å². The molecule has 0 unspecified atom stereocenters. The number of ether oxygens (including phenoxy) is 1. The van der Waals surface area contributed by atoms with Gasteiger partial charge in [-0.05, 0) is 29.7 Å². The van der Waals surface area contributed by atoms with E-state index >= 15 is 0 Å². The lowest BCUT2D eigenvalue weighted by Crippen LogP contribution is -2.01. The average Bonchev–Trinajstić information content (AvgIpc) is 3.08. The summed E-state index contributed by atoms with van der Waals surface area (Å²) in [5, 5.41) is 15.2. The third-order valence-corrected chi connectivity index (χ3v) is 3.87. The summed E-state index contributed by atoms with van der Waals surface area (Å²) in [6.07, 6.45) is 4.20. The van der Waals surface area contributed by atoms with Gasteiger partial charge < -0.3 is 4.74 Å². The van der Waals surface area contributed by atoms with Crippen molar-refractivity contribution in [2.75, 3.05) is 7.11 Å². The lowest BCUT2D eigenvalue weighted by molar-refractivity contribution is -0.388. The lowest BCUT2D eigenvalue weighted by Gasteiger charge is -2.05. The van der Waals surface area contributed by atoms with Crippen molar-refractivity contribution in [3.63, 3.8) is 0 Å². The Bertz CT molecular complexity index is 894. The first-order valence-corrected chi connectivity index (χ1v) is 7.67. The first kappa shape index (κ1) is 16.6. The number of nitro benzene ring substituents is 1. The second-order valence-corrected chi connectivity index (χ2v) is 5.49. The second kappa shape index (κ2) is 7.12. The standard InChI is InChI=1S/C18H16FN3O3/c1-25-17-10-14(9-16(19)18(17)22(23)24)15-11-20-21(12-15)8-7-13-5-3-2-4-6-13/h2-6,9-12H,7-8H2,1H3. The maximum atomic E-state index is 14.1. The summed E-state index contributed by atoms with van der Waals surface area (Å²) in [5.74, 6) is -1.05. The number of nitrogens with zero attached hydrogens (tertiary/aromatic N) is 3. The van der Waals surface area contributed by atoms with Crippen LogP contribution in [0, 0.1) is 15.9 Å². The lowest BCUT2D eigenvalue weighted by atomic mass is 10.1. The van der Waals surface area contributed by atoms with Crippen molar-refractivity contribution in [1.82, 2.24) is 9.78 Å². The van der Waals surface area contributed by atoms with Crippen LogP contribution in [0.25, 0.3) is 11.1 Å². The quantitative estimate of drug-likeness (QED) is 0.504. The molecule has 0 saturated carbocycles. The van der Waals surface area contributed by atoms with Gasteiger partial charge in [0.15, 0.2) is 0 Å². The summed E-state index contributed by atoms with van der Waals surface area (Å²) in [4.78, 5) is 10.2. The largest absolute Gasteiger partial charge is 0.490 e. The highest BCUT2D eigenvalue weighted by Gasteiger charge is 2.23. The van der Waals surface area contributed by atoms with Crippen molar-refractivity contribution in [3.05, 3.63) is 76.4 Å². The Balaban J connectivity index is 1.82. The maximum absolute atomic E-state index is 14.1. The molecule has 0 fully saturated rings. The summed E-state index contributed by atoms with van der Waals surface area (Å²) < 4.78 is 20.8. The molecule has 2 aromatic carbocycles. The highest BCUT2D eigenvalue weighted by Crippen LogP contribution is 2.34. The predicted octanol–water partition coefficient (Wildman–Crippen LogP) is 3.85. The minimum absolute atomic E-state index is 0.114. The van der Waals surface area contributed by atoms with E-state index in [0.717, 1.165) is 12.5 Å². The van der Waals surface area contributed by atoms with Gasteiger partial charge in [0.25, 0.3) is 0 Å². The summed E-state index contributed by atoms with van der Waals surface area (Å²) in [7, 11) is 1.27. The first-order valence-electron chi connectivity index (χ1n) is 7.67. The molecule has 1 heterocycles. The van der Waals surface area contributed by atoms with E-state index in [-0.39, 0.29) is 5.75 Å². The zero-order valence-corrected chi connectivity index (χ0v) is 13.6. The zero-order chi connectivity index (χ0) is 17.8. The second-order valence-electron chi connectivity index (χ2n) is 5.49. The molecule has 3 aromatic rings. The van der Waals surface area contributed by atoms with Crippen molar-refractivity contribution in [2.24, 2.45) is 0 Å². The number of benzene rings is 2. The number of aryl methyl sites for hydroxylation is 2. The molecule has 0 aliphatic rings. The van der Waals surface area contributed by atoms with E-state index in [0.29, 0.717) is 17.7 Å². The predicted molar refractivity (Wildman–Crippen MR) is 91.0 cm³/mol. The van der Waals surface area contributed by atoms with Crippen molar-refractivity contribution < 1.29 is 14.1 Å². The minimum atomic E-state index is -0.934. The van der Waals surface area contributed by atoms with Gasteiger partial charge in [-0.1, -0.05) is 30.3 Å². The Hall–Kier alpha value is -3.22. The van der Waals surface area contributed by atoms with Gasteiger partial charge in [0.05, 0.1) is 18.2 Å². The van der Waals surface area contributed by atoms with Gasteiger partial charge in [-0.15, -0.1) is 0 Å². The third kappa shape index (κ3) is 3.65. The summed E-state index contributed by atoms with van der Waals surface area (Å²) in [6.45, 7) is 0.677. The molecule has 25 heavy (non-hydrogen) atoms. The summed E-state index contributed by atoms with van der Waals surface area (Å²) in [5.41, 5.74) is 1.68. The molecule has 0 aliphatic heterocycles. The highest BCUT2D eigenvalue weighted by atomic mass is 19.1. The van der Waals surface area contributed by atoms with E-state index in [4.69, 9.17) is 4.74 Å². The number of rotatable bonds is 6. The molecule has 0 spiro atoms. The molecule has 0 atom stereocenters. The molecular formula is C18H16FN3O3. The fourth-order valence-electron chi connectivity index (χ4n) is 2.60. The Morgan fingerprint density at radius 2 is 2.00 bits per heavy atom. The SMILES string of the molecule is COc1cc(-c2cnn(CCc3ccccc3)c2)cc(F)c1[N+](=O)[O-]. The molecule has 0 bridgehead atoms. The Morgan fingerprint density at radius 3 is 2.68 bits per heavy atom. The van der Waals surface area contributed by atoms with Crippen LogP contribution in [0.5, 0.6) is 5.75 Å². The molecule has 3 rings (SSSR count). The Kier molecular flexibility index (Phi) is 4.74. The molecule has 0 N–H and O–H groups in total. The van der Waals surface area contributed by atoms with Crippen LogP contribution in [0.3, 0.4) is 0 Å². The van der Waals surface area contributed by atoms with Crippen molar-refractivity contribution in [1.29, 1.82) is 0 Å². The van der Waals surface area contributed by atoms with Crippen LogP contribution in [0.1, 0.15) is 5.56 Å². The van der Waals surface area contributed by atoms with Crippen molar-refractivity contribution in [2.45, 2.75) is 13.0 Å². The number of hydrogen-bond acceptors (Lipinski definition) is 4. The average molecular weight is 341 g/mol. The van der Waals surface area contributed by atoms with E-state index in [9.17, 15) is 14.5 Å². The number of nitro groups is 1. The van der Waals surface area contributed by atoms with Crippen molar-refractivity contribution in [3.8, 4) is 16.9 Å². The van der Waals surface area contributed by atoms with E-state index in [1.165, 1.54) is 18.7 Å². The van der Waals surface area contributed by atoms with Crippen LogP contribution in [0.4, 0.5) is 10.1 Å². The van der Waals surface area contributed by atoms with E-state index in [1.54, 1.807) is 17.1 Å². The molecule has 7 heteroatoms. The molecule has 128 valence electrons. The maximum Gasteiger partial charge on any atom is 0.346 e. The monoisotopic (exact) mass is 341 g/mol. The Morgan fingerprint density at radius 1 is 1.24 bits per heavy atom. The number of hydrogen-bond donors (Lipinski definition) is 0. The van der Waals surface area contributed by atoms with Crippen molar-refractivity contribution >= 4 is 5.69 Å². The molecule has 0 aliphatic carbocycles. The summed E-state index contributed by atoms with van der Waals surface area (Å²) in [6, 6.07) is 12.6. The van der Waals surface area contributed by atoms with Gasteiger partial charge in [0.2, 0.25) is 11.6 Å². The van der Waals surface area contributed by atoms with Gasteiger partial charge in [-0.3, -0.25) is 14.8 Å². The number of aromatic nitrogens is 2. The molecule has 0 saturated heterocycles. The van der Waals surface area contributed by atoms with Crippen LogP contribution in [0.2, 0.25) is 0 Å². The molecule has 1 aromatic heterocycles. The fraction of sp³-hybridized carbons (Fsp3) is 0.167. The summed E-state index contributed by atoms with van der Waals surface area (Å²) >= 11 is 0. The molecule has 6 nitrogen and oxygen atoms in total. The van der Waals surface area contributed by atoms with Gasteiger partial charge in [-0.2, -0.15) is 9.49 Å². The number of methoxy groups -OCH3 is 1. The van der Waals surface area contributed by atoms with Gasteiger partial charge in [0, 0.05) is 18.3 Å². The van der Waals surface area contributed by atoms with Gasteiger partial charge in [0.1, 0.15) is 0 Å². The van der Waals surface area contributed by atoms with Crippen LogP contribution in [-0.2, 0) is 13.0 Å². The molecular weight excluding hydrogens is 325 g/mol. The van der Waals surface area contributed by atoms with Gasteiger partial charge in [-0.25, -0.2) is 0 Å². The number of halogens is 1. The first-order chi connectivity index (χ1) is 12.1. The van der Waals surface area contributed by atoms with E-state index in [2.05, 4.69) is 5.10 Å². The van der Waals surface area contributed by atoms with Crippen LogP contribution in [-0.4, -0.2) is 21.8 Å². The zero-order valence-electron chi connectivity index (χ0n) is 13.6. The normalized spacial score (nSPS) is 10.6. The molecule has 0 amide bonds. The fourth-order valence-corrected chi connectivity index (χ4v) is 2.60. The van der Waals surface area contributed by atoms with Crippen LogP contribution < -0.4 is 4.74 Å². The van der Waals surface area contributed by atoms with E-state index < -0.39 is 16.4 Å². The highest BCUT2D eigenvalue weighted by molar-refractivity contribution is 5.67. The smallest absolute Gasteiger partial charge is 0.346 e. The van der Waals surface area contributed by atoms with E-state index in [1.807, 2.05) is 30.3 Å².